The zero-order valence-corrected chi connectivity index (χ0v) is 30.9. The predicted molar refractivity (Wildman–Crippen MR) is 197 cm³/mol. The Morgan fingerprint density at radius 2 is 1.92 bits per heavy atom. The Bertz CT molecular complexity index is 1740. The number of benzene rings is 1. The average molecular weight is 728 g/mol. The second kappa shape index (κ2) is 15.7. The first-order valence-electron chi connectivity index (χ1n) is 18.2. The fourth-order valence-corrected chi connectivity index (χ4v) is 9.16. The molecule has 0 amide bonds. The van der Waals surface area contributed by atoms with Crippen LogP contribution >= 0.6 is 11.6 Å². The highest BCUT2D eigenvalue weighted by Gasteiger charge is 2.59. The molecule has 4 fully saturated rings. The van der Waals surface area contributed by atoms with Crippen molar-refractivity contribution >= 4 is 40.2 Å². The van der Waals surface area contributed by atoms with Crippen LogP contribution in [-0.2, 0) is 9.47 Å². The fraction of sp³-hybridized carbons (Fsp3) is 0.622. The monoisotopic (exact) mass is 727 g/mol. The van der Waals surface area contributed by atoms with E-state index in [1.54, 1.807) is 13.0 Å². The van der Waals surface area contributed by atoms with Crippen LogP contribution in [0.4, 0.5) is 15.9 Å². The number of hydrogen-bond acceptors (Lipinski definition) is 12. The normalized spacial score (nSPS) is 25.5. The van der Waals surface area contributed by atoms with Gasteiger partial charge in [0.15, 0.2) is 5.82 Å². The number of piperidine rings is 1. The summed E-state index contributed by atoms with van der Waals surface area (Å²) in [6, 6.07) is 1.57. The zero-order chi connectivity index (χ0) is 36.3. The molecule has 3 aromatic rings. The quantitative estimate of drug-likeness (QED) is 0.166. The zero-order valence-electron chi connectivity index (χ0n) is 30.1. The smallest absolute Gasteiger partial charge is 0.319 e. The minimum atomic E-state index is -0.794. The van der Waals surface area contributed by atoms with Crippen LogP contribution < -0.4 is 25.4 Å². The lowest BCUT2D eigenvalue weighted by molar-refractivity contribution is -0.0548. The van der Waals surface area contributed by atoms with Gasteiger partial charge in [0.2, 0.25) is 5.88 Å². The molecule has 4 aliphatic rings. The number of fused-ring (bicyclic) bond motifs is 2. The Kier molecular flexibility index (Phi) is 11.5. The van der Waals surface area contributed by atoms with Crippen LogP contribution in [0, 0.1) is 29.5 Å². The van der Waals surface area contributed by atoms with Crippen LogP contribution in [0.15, 0.2) is 6.07 Å². The molecule has 2 aromatic heterocycles. The van der Waals surface area contributed by atoms with Gasteiger partial charge in [-0.1, -0.05) is 31.9 Å². The summed E-state index contributed by atoms with van der Waals surface area (Å²) in [4.78, 5) is 16.1. The molecule has 1 aromatic carbocycles. The summed E-state index contributed by atoms with van der Waals surface area (Å²) < 4.78 is 40.9. The summed E-state index contributed by atoms with van der Waals surface area (Å²) in [6.45, 7) is 9.70. The Morgan fingerprint density at radius 1 is 1.16 bits per heavy atom. The van der Waals surface area contributed by atoms with Crippen LogP contribution in [0.1, 0.15) is 69.9 Å². The van der Waals surface area contributed by atoms with E-state index in [1.807, 2.05) is 18.7 Å². The number of nitrogen functional groups attached to an aromatic ring is 1. The number of rotatable bonds is 8. The number of nitrogens with zero attached hydrogens (tertiary/aromatic N) is 4. The molecule has 5 N–H and O–H groups in total. The van der Waals surface area contributed by atoms with Crippen LogP contribution in [-0.4, -0.2) is 97.7 Å². The van der Waals surface area contributed by atoms with Crippen LogP contribution in [0.25, 0.3) is 22.2 Å². The van der Waals surface area contributed by atoms with Gasteiger partial charge in [0.05, 0.1) is 33.0 Å². The van der Waals surface area contributed by atoms with Gasteiger partial charge in [0.1, 0.15) is 22.4 Å². The van der Waals surface area contributed by atoms with Gasteiger partial charge in [-0.25, -0.2) is 9.37 Å². The van der Waals surface area contributed by atoms with Crippen molar-refractivity contribution in [3.8, 4) is 23.1 Å². The molecular formula is C37H51ClFN7O5. The summed E-state index contributed by atoms with van der Waals surface area (Å²) in [7, 11) is 1.44. The Balaban J connectivity index is 0.00000220. The van der Waals surface area contributed by atoms with E-state index in [0.29, 0.717) is 42.1 Å². The molecule has 51 heavy (non-hydrogen) atoms. The van der Waals surface area contributed by atoms with E-state index in [-0.39, 0.29) is 69.4 Å². The van der Waals surface area contributed by atoms with E-state index in [2.05, 4.69) is 10.3 Å². The number of β-amino-alcohol motifs (C(OH)–C–C–N with tert-alkyl or cyclic N) is 1. The van der Waals surface area contributed by atoms with Crippen molar-refractivity contribution in [3.63, 3.8) is 0 Å². The maximum absolute atomic E-state index is 17.1. The van der Waals surface area contributed by atoms with Crippen molar-refractivity contribution in [2.45, 2.75) is 77.4 Å². The number of anilines is 2. The van der Waals surface area contributed by atoms with Gasteiger partial charge >= 0.3 is 6.01 Å². The molecule has 3 saturated heterocycles. The van der Waals surface area contributed by atoms with E-state index >= 15 is 4.39 Å². The molecule has 3 unspecified atom stereocenters. The molecule has 0 radical (unpaired) electrons. The summed E-state index contributed by atoms with van der Waals surface area (Å²) in [6.07, 6.45) is 7.55. The molecule has 0 bridgehead atoms. The third-order valence-corrected chi connectivity index (χ3v) is 11.7. The van der Waals surface area contributed by atoms with Crippen LogP contribution in [0.2, 0.25) is 5.02 Å². The first-order valence-corrected chi connectivity index (χ1v) is 18.6. The van der Waals surface area contributed by atoms with Gasteiger partial charge in [0, 0.05) is 65.3 Å². The molecule has 12 nitrogen and oxygen atoms in total. The topological polar surface area (TPSA) is 161 Å². The average Bonchev–Trinajstić information content (AvgIpc) is 3.42. The number of nitrogens with one attached hydrogen (secondary N) is 2. The molecule has 3 aliphatic heterocycles. The largest absolute Gasteiger partial charge is 0.480 e. The maximum Gasteiger partial charge on any atom is 0.319 e. The second-order valence-corrected chi connectivity index (χ2v) is 14.2. The standard InChI is InChI=1S/C35H45ClFN7O5.C2H6/c1-20-24(36)15-25(39)23(16-38)26(20)29-28(37)30-27(32(41-29)46-2)31(44-11-14-48-18-22(45)17-44)43-33(42-30)49-19-34-7-3-9-35(34,40-10-4-8-34)21-5-12-47-13-6-21;1-2/h15-16,21-22,38,40,45H,3-14,17-19,39H2,1-2H3;1-2H3. The number of hydrogen-bond donors (Lipinski definition) is 4. The number of pyridine rings is 1. The minimum absolute atomic E-state index is 0.0302. The maximum atomic E-state index is 17.1. The molecule has 5 heterocycles. The highest BCUT2D eigenvalue weighted by molar-refractivity contribution is 6.32. The first-order chi connectivity index (χ1) is 24.7. The van der Waals surface area contributed by atoms with Crippen molar-refractivity contribution in [1.82, 2.24) is 20.3 Å². The molecule has 3 atom stereocenters. The summed E-state index contributed by atoms with van der Waals surface area (Å²) >= 11 is 6.51. The van der Waals surface area contributed by atoms with Crippen LogP contribution in [0.3, 0.4) is 0 Å². The van der Waals surface area contributed by atoms with Gasteiger partial charge in [0.25, 0.3) is 0 Å². The highest BCUT2D eigenvalue weighted by Crippen LogP contribution is 2.57. The van der Waals surface area contributed by atoms with Crippen molar-refractivity contribution < 1.29 is 28.4 Å². The fourth-order valence-electron chi connectivity index (χ4n) is 8.95. The second-order valence-electron chi connectivity index (χ2n) is 13.8. The third-order valence-electron chi connectivity index (χ3n) is 11.3. The van der Waals surface area contributed by atoms with E-state index in [9.17, 15) is 5.11 Å². The van der Waals surface area contributed by atoms with Crippen molar-refractivity contribution in [2.75, 3.05) is 70.4 Å². The Labute approximate surface area is 304 Å². The van der Waals surface area contributed by atoms with Gasteiger partial charge in [-0.2, -0.15) is 9.97 Å². The lowest BCUT2D eigenvalue weighted by Gasteiger charge is -2.55. The number of aromatic nitrogens is 3. The Morgan fingerprint density at radius 3 is 2.67 bits per heavy atom. The first kappa shape index (κ1) is 37.4. The number of aliphatic hydroxyl groups is 1. The van der Waals surface area contributed by atoms with Gasteiger partial charge in [-0.05, 0) is 69.5 Å². The summed E-state index contributed by atoms with van der Waals surface area (Å²) in [5.74, 6) is 0.131. The Hall–Kier alpha value is -3.36. The van der Waals surface area contributed by atoms with Crippen LogP contribution in [0.5, 0.6) is 11.9 Å². The minimum Gasteiger partial charge on any atom is -0.480 e. The lowest BCUT2D eigenvalue weighted by Crippen LogP contribution is -2.65. The number of nitrogens with two attached hydrogens (primary N) is 1. The van der Waals surface area contributed by atoms with Crippen molar-refractivity contribution in [1.29, 1.82) is 5.41 Å². The third kappa shape index (κ3) is 6.72. The van der Waals surface area contributed by atoms with Gasteiger partial charge in [-0.3, -0.25) is 0 Å². The number of methoxy groups -OCH3 is 1. The van der Waals surface area contributed by atoms with E-state index in [4.69, 9.17) is 51.7 Å². The highest BCUT2D eigenvalue weighted by atomic mass is 35.5. The predicted octanol–water partition coefficient (Wildman–Crippen LogP) is 5.70. The molecule has 0 spiro atoms. The molecule has 1 aliphatic carbocycles. The SMILES string of the molecule is CC.COc1nc(-c2c(C)c(Cl)cc(N)c2C=N)c(F)c2nc(OCC34CCCNC3(C3CCOCC3)CCC4)nc(N3CCOCC(O)C3)c12. The molecule has 1 saturated carbocycles. The van der Waals surface area contributed by atoms with Gasteiger partial charge < -0.3 is 45.4 Å². The number of ether oxygens (including phenoxy) is 4. The van der Waals surface area contributed by atoms with E-state index in [1.165, 1.54) is 7.11 Å². The van der Waals surface area contributed by atoms with Crippen molar-refractivity contribution in [2.24, 2.45) is 11.3 Å². The summed E-state index contributed by atoms with van der Waals surface area (Å²) in [5, 5.41) is 23.3. The van der Waals surface area contributed by atoms with E-state index in [0.717, 1.165) is 70.9 Å². The molecule has 7 rings (SSSR count). The number of aliphatic hydroxyl groups excluding tert-OH is 1. The number of halogens is 2. The molecule has 278 valence electrons. The van der Waals surface area contributed by atoms with Crippen molar-refractivity contribution in [3.05, 3.63) is 28.0 Å². The lowest BCUT2D eigenvalue weighted by atomic mass is 9.60. The van der Waals surface area contributed by atoms with Gasteiger partial charge in [-0.15, -0.1) is 0 Å². The molecule has 14 heteroatoms. The molecular weight excluding hydrogens is 677 g/mol. The van der Waals surface area contributed by atoms with E-state index < -0.39 is 11.9 Å². The summed E-state index contributed by atoms with van der Waals surface area (Å²) in [5.41, 5.74) is 7.17.